The van der Waals surface area contributed by atoms with Crippen molar-refractivity contribution in [3.05, 3.63) is 36.0 Å². The normalized spacial score (nSPS) is 17.2. The third-order valence-electron chi connectivity index (χ3n) is 4.89. The van der Waals surface area contributed by atoms with Crippen molar-refractivity contribution in [1.29, 1.82) is 0 Å². The van der Waals surface area contributed by atoms with Gasteiger partial charge in [0.05, 0.1) is 5.52 Å². The molecule has 0 spiro atoms. The number of aromatic nitrogens is 1. The zero-order valence-corrected chi connectivity index (χ0v) is 13.3. The van der Waals surface area contributed by atoms with Crippen LogP contribution in [0.3, 0.4) is 0 Å². The highest BCUT2D eigenvalue weighted by Gasteiger charge is 2.11. The lowest BCUT2D eigenvalue weighted by Gasteiger charge is -2.17. The van der Waals surface area contributed by atoms with Gasteiger partial charge >= 0.3 is 0 Å². The Hall–Kier alpha value is -1.28. The standard InChI is InChI=1S/C19H28N2/c1-2-16-8-7-9-17-12-14-21(19(16)17)15-13-20-18-10-5-3-4-6-11-18/h7-9,12,14,18,20H,2-6,10-11,13,15H2,1H3. The Morgan fingerprint density at radius 1 is 1.10 bits per heavy atom. The summed E-state index contributed by atoms with van der Waals surface area (Å²) in [5, 5.41) is 5.16. The number of nitrogens with one attached hydrogen (secondary N) is 1. The zero-order chi connectivity index (χ0) is 14.5. The van der Waals surface area contributed by atoms with Gasteiger partial charge < -0.3 is 9.88 Å². The molecule has 21 heavy (non-hydrogen) atoms. The van der Waals surface area contributed by atoms with E-state index in [1.165, 1.54) is 55.0 Å². The van der Waals surface area contributed by atoms with E-state index in [0.29, 0.717) is 0 Å². The van der Waals surface area contributed by atoms with E-state index in [2.05, 4.69) is 47.3 Å². The fourth-order valence-electron chi connectivity index (χ4n) is 3.69. The summed E-state index contributed by atoms with van der Waals surface area (Å²) in [4.78, 5) is 0. The second-order valence-corrected chi connectivity index (χ2v) is 6.36. The molecule has 1 aliphatic carbocycles. The predicted octanol–water partition coefficient (Wildman–Crippen LogP) is 4.52. The minimum Gasteiger partial charge on any atom is -0.346 e. The molecule has 0 saturated heterocycles. The Balaban J connectivity index is 1.62. The Bertz CT molecular complexity index is 562. The Labute approximate surface area is 128 Å². The second-order valence-electron chi connectivity index (χ2n) is 6.36. The number of hydrogen-bond donors (Lipinski definition) is 1. The lowest BCUT2D eigenvalue weighted by atomic mass is 10.1. The Kier molecular flexibility index (Phi) is 4.97. The maximum Gasteiger partial charge on any atom is 0.0513 e. The molecule has 2 heteroatoms. The smallest absolute Gasteiger partial charge is 0.0513 e. The molecule has 0 aliphatic heterocycles. The van der Waals surface area contributed by atoms with Crippen molar-refractivity contribution in [2.45, 2.75) is 64.5 Å². The van der Waals surface area contributed by atoms with Gasteiger partial charge in [-0.15, -0.1) is 0 Å². The van der Waals surface area contributed by atoms with E-state index in [0.717, 1.165) is 25.6 Å². The topological polar surface area (TPSA) is 17.0 Å². The van der Waals surface area contributed by atoms with Crippen LogP contribution in [0.2, 0.25) is 0 Å². The SMILES string of the molecule is CCc1cccc2ccn(CCNC3CCCCCC3)c12. The highest BCUT2D eigenvalue weighted by atomic mass is 15.0. The van der Waals surface area contributed by atoms with Crippen LogP contribution in [0.4, 0.5) is 0 Å². The summed E-state index contributed by atoms with van der Waals surface area (Å²) in [6.45, 7) is 4.42. The number of aryl methyl sites for hydroxylation is 1. The van der Waals surface area contributed by atoms with Crippen molar-refractivity contribution >= 4 is 10.9 Å². The van der Waals surface area contributed by atoms with Gasteiger partial charge in [-0.25, -0.2) is 0 Å². The molecule has 0 bridgehead atoms. The molecule has 2 aromatic rings. The molecule has 1 aliphatic rings. The zero-order valence-electron chi connectivity index (χ0n) is 13.3. The second kappa shape index (κ2) is 7.13. The number of fused-ring (bicyclic) bond motifs is 1. The van der Waals surface area contributed by atoms with E-state index >= 15 is 0 Å². The van der Waals surface area contributed by atoms with Crippen LogP contribution >= 0.6 is 0 Å². The molecular weight excluding hydrogens is 256 g/mol. The van der Waals surface area contributed by atoms with Gasteiger partial charge in [-0.2, -0.15) is 0 Å². The maximum absolute atomic E-state index is 3.78. The first-order chi connectivity index (χ1) is 10.4. The van der Waals surface area contributed by atoms with Gasteiger partial charge in [0.2, 0.25) is 0 Å². The van der Waals surface area contributed by atoms with E-state index in [1.54, 1.807) is 0 Å². The molecule has 1 saturated carbocycles. The van der Waals surface area contributed by atoms with Crippen molar-refractivity contribution in [2.75, 3.05) is 6.54 Å². The summed E-state index contributed by atoms with van der Waals surface area (Å²) in [7, 11) is 0. The molecule has 114 valence electrons. The summed E-state index contributed by atoms with van der Waals surface area (Å²) in [5.41, 5.74) is 2.90. The third kappa shape index (κ3) is 3.49. The highest BCUT2D eigenvalue weighted by Crippen LogP contribution is 2.21. The summed E-state index contributed by atoms with van der Waals surface area (Å²) in [6.07, 6.45) is 11.8. The molecule has 1 heterocycles. The van der Waals surface area contributed by atoms with Gasteiger partial charge in [0.25, 0.3) is 0 Å². The van der Waals surface area contributed by atoms with Crippen molar-refractivity contribution in [2.24, 2.45) is 0 Å². The number of benzene rings is 1. The van der Waals surface area contributed by atoms with Crippen LogP contribution in [0.15, 0.2) is 30.5 Å². The van der Waals surface area contributed by atoms with E-state index in [1.807, 2.05) is 0 Å². The largest absolute Gasteiger partial charge is 0.346 e. The molecule has 1 aromatic carbocycles. The monoisotopic (exact) mass is 284 g/mol. The first kappa shape index (κ1) is 14.6. The summed E-state index contributed by atoms with van der Waals surface area (Å²) < 4.78 is 2.43. The van der Waals surface area contributed by atoms with Crippen molar-refractivity contribution in [1.82, 2.24) is 9.88 Å². The third-order valence-corrected chi connectivity index (χ3v) is 4.89. The van der Waals surface area contributed by atoms with E-state index < -0.39 is 0 Å². The molecule has 0 atom stereocenters. The average Bonchev–Trinajstić information content (AvgIpc) is 2.75. The number of nitrogens with zero attached hydrogens (tertiary/aromatic N) is 1. The van der Waals surface area contributed by atoms with Crippen LogP contribution in [0.1, 0.15) is 51.0 Å². The summed E-state index contributed by atoms with van der Waals surface area (Å²) >= 11 is 0. The molecule has 2 nitrogen and oxygen atoms in total. The van der Waals surface area contributed by atoms with Crippen LogP contribution in [0.25, 0.3) is 10.9 Å². The van der Waals surface area contributed by atoms with E-state index in [4.69, 9.17) is 0 Å². The van der Waals surface area contributed by atoms with Crippen LogP contribution in [0.5, 0.6) is 0 Å². The lowest BCUT2D eigenvalue weighted by Crippen LogP contribution is -2.31. The summed E-state index contributed by atoms with van der Waals surface area (Å²) in [5.74, 6) is 0. The van der Waals surface area contributed by atoms with Gasteiger partial charge in [-0.1, -0.05) is 50.8 Å². The van der Waals surface area contributed by atoms with Gasteiger partial charge in [0.1, 0.15) is 0 Å². The molecule has 1 N–H and O–H groups in total. The minimum absolute atomic E-state index is 0.750. The minimum atomic E-state index is 0.750. The first-order valence-corrected chi connectivity index (χ1v) is 8.68. The fourth-order valence-corrected chi connectivity index (χ4v) is 3.69. The van der Waals surface area contributed by atoms with E-state index in [-0.39, 0.29) is 0 Å². The Morgan fingerprint density at radius 3 is 2.67 bits per heavy atom. The van der Waals surface area contributed by atoms with Gasteiger partial charge in [-0.05, 0) is 36.3 Å². The van der Waals surface area contributed by atoms with Crippen LogP contribution in [0, 0.1) is 0 Å². The Morgan fingerprint density at radius 2 is 1.90 bits per heavy atom. The summed E-state index contributed by atoms with van der Waals surface area (Å²) in [6, 6.07) is 9.66. The highest BCUT2D eigenvalue weighted by molar-refractivity contribution is 5.83. The maximum atomic E-state index is 3.78. The molecule has 1 fully saturated rings. The number of hydrogen-bond acceptors (Lipinski definition) is 1. The van der Waals surface area contributed by atoms with Crippen molar-refractivity contribution < 1.29 is 0 Å². The van der Waals surface area contributed by atoms with Crippen molar-refractivity contribution in [3.8, 4) is 0 Å². The van der Waals surface area contributed by atoms with Crippen LogP contribution < -0.4 is 5.32 Å². The molecule has 0 amide bonds. The quantitative estimate of drug-likeness (QED) is 0.799. The first-order valence-electron chi connectivity index (χ1n) is 8.68. The van der Waals surface area contributed by atoms with Gasteiger partial charge in [0.15, 0.2) is 0 Å². The van der Waals surface area contributed by atoms with Crippen LogP contribution in [-0.2, 0) is 13.0 Å². The van der Waals surface area contributed by atoms with E-state index in [9.17, 15) is 0 Å². The molecule has 1 aromatic heterocycles. The van der Waals surface area contributed by atoms with Gasteiger partial charge in [-0.3, -0.25) is 0 Å². The average molecular weight is 284 g/mol. The van der Waals surface area contributed by atoms with Crippen LogP contribution in [-0.4, -0.2) is 17.2 Å². The fraction of sp³-hybridized carbons (Fsp3) is 0.579. The number of rotatable bonds is 5. The molecule has 0 radical (unpaired) electrons. The predicted molar refractivity (Wildman–Crippen MR) is 90.8 cm³/mol. The molecule has 0 unspecified atom stereocenters. The van der Waals surface area contributed by atoms with Crippen molar-refractivity contribution in [3.63, 3.8) is 0 Å². The molecular formula is C19H28N2. The van der Waals surface area contributed by atoms with Gasteiger partial charge in [0, 0.05) is 25.3 Å². The lowest BCUT2D eigenvalue weighted by molar-refractivity contribution is 0.447. The molecule has 3 rings (SSSR count). The number of para-hydroxylation sites is 1.